The number of nitrogen functional groups attached to an aromatic ring is 1. The number of aromatic nitrogens is 4. The molecular weight excluding hydrogens is 269 g/mol. The third-order valence-corrected chi connectivity index (χ3v) is 3.32. The molecule has 2 N–H and O–H groups in total. The molecule has 106 valence electrons. The Morgan fingerprint density at radius 3 is 2.76 bits per heavy atom. The van der Waals surface area contributed by atoms with E-state index in [1.807, 2.05) is 24.3 Å². The van der Waals surface area contributed by atoms with Crippen molar-refractivity contribution in [2.75, 3.05) is 5.73 Å². The molecule has 0 saturated carbocycles. The van der Waals surface area contributed by atoms with Crippen LogP contribution >= 0.6 is 0 Å². The first-order valence-electron chi connectivity index (χ1n) is 6.62. The lowest BCUT2D eigenvalue weighted by molar-refractivity contribution is 0.632. The van der Waals surface area contributed by atoms with Crippen LogP contribution in [0.25, 0.3) is 17.1 Å². The lowest BCUT2D eigenvalue weighted by atomic mass is 10.1. The highest BCUT2D eigenvalue weighted by Crippen LogP contribution is 2.24. The molecule has 2 aromatic carbocycles. The van der Waals surface area contributed by atoms with Crippen LogP contribution in [0, 0.1) is 5.82 Å². The van der Waals surface area contributed by atoms with Crippen LogP contribution in [0.2, 0.25) is 0 Å². The van der Waals surface area contributed by atoms with Gasteiger partial charge in [0, 0.05) is 5.56 Å². The Hall–Kier alpha value is -2.76. The van der Waals surface area contributed by atoms with Gasteiger partial charge in [0.05, 0.1) is 11.4 Å². The number of halogens is 1. The molecule has 21 heavy (non-hydrogen) atoms. The minimum Gasteiger partial charge on any atom is -0.396 e. The van der Waals surface area contributed by atoms with E-state index in [0.717, 1.165) is 17.7 Å². The maximum absolute atomic E-state index is 13.3. The van der Waals surface area contributed by atoms with Crippen molar-refractivity contribution in [2.45, 2.75) is 13.3 Å². The Labute approximate surface area is 121 Å². The Bertz CT molecular complexity index is 781. The van der Waals surface area contributed by atoms with E-state index in [9.17, 15) is 4.39 Å². The van der Waals surface area contributed by atoms with Gasteiger partial charge in [-0.3, -0.25) is 0 Å². The summed E-state index contributed by atoms with van der Waals surface area (Å²) in [6.45, 7) is 2.07. The van der Waals surface area contributed by atoms with Crippen molar-refractivity contribution in [1.29, 1.82) is 0 Å². The molecule has 5 nitrogen and oxygen atoms in total. The molecule has 0 radical (unpaired) electrons. The molecule has 0 spiro atoms. The number of aryl methyl sites for hydroxylation is 1. The minimum absolute atomic E-state index is 0.0748. The molecule has 6 heteroatoms. The van der Waals surface area contributed by atoms with E-state index in [1.54, 1.807) is 10.7 Å². The van der Waals surface area contributed by atoms with Gasteiger partial charge in [-0.15, -0.1) is 5.10 Å². The van der Waals surface area contributed by atoms with Gasteiger partial charge in [-0.2, -0.15) is 4.68 Å². The van der Waals surface area contributed by atoms with Gasteiger partial charge < -0.3 is 5.73 Å². The summed E-state index contributed by atoms with van der Waals surface area (Å²) < 4.78 is 14.9. The molecule has 0 saturated heterocycles. The first-order chi connectivity index (χ1) is 10.2. The second-order valence-corrected chi connectivity index (χ2v) is 4.63. The first-order valence-corrected chi connectivity index (χ1v) is 6.62. The molecular formula is C15H14FN5. The largest absolute Gasteiger partial charge is 0.396 e. The van der Waals surface area contributed by atoms with Gasteiger partial charge in [-0.05, 0) is 46.7 Å². The van der Waals surface area contributed by atoms with Crippen molar-refractivity contribution < 1.29 is 4.39 Å². The molecule has 1 heterocycles. The number of anilines is 1. The summed E-state index contributed by atoms with van der Waals surface area (Å²) in [5.41, 5.74) is 8.40. The summed E-state index contributed by atoms with van der Waals surface area (Å²) in [6.07, 6.45) is 0.862. The van der Waals surface area contributed by atoms with Gasteiger partial charge in [0.15, 0.2) is 5.82 Å². The van der Waals surface area contributed by atoms with Crippen LogP contribution in [0.5, 0.6) is 0 Å². The predicted molar refractivity (Wildman–Crippen MR) is 78.3 cm³/mol. The number of rotatable bonds is 3. The second kappa shape index (κ2) is 5.32. The Balaban J connectivity index is 2.15. The van der Waals surface area contributed by atoms with E-state index < -0.39 is 5.82 Å². The summed E-state index contributed by atoms with van der Waals surface area (Å²) in [5, 5.41) is 11.8. The third kappa shape index (κ3) is 2.35. The predicted octanol–water partition coefficient (Wildman–Crippen LogP) is 2.61. The molecule has 0 aliphatic rings. The number of benzene rings is 2. The number of hydrogen-bond donors (Lipinski definition) is 1. The van der Waals surface area contributed by atoms with Crippen LogP contribution in [-0.4, -0.2) is 20.2 Å². The van der Waals surface area contributed by atoms with Crippen molar-refractivity contribution in [2.24, 2.45) is 0 Å². The fraction of sp³-hybridized carbons (Fsp3) is 0.133. The topological polar surface area (TPSA) is 69.6 Å². The Morgan fingerprint density at radius 2 is 2.00 bits per heavy atom. The molecule has 0 atom stereocenters. The fourth-order valence-electron chi connectivity index (χ4n) is 2.23. The third-order valence-electron chi connectivity index (χ3n) is 3.32. The standard InChI is InChI=1S/C15H14FN5/c1-2-10-5-3-4-6-14(10)21-15(18-19-20-21)11-7-8-12(16)13(17)9-11/h3-9H,2,17H2,1H3. The van der Waals surface area contributed by atoms with Crippen LogP contribution in [0.4, 0.5) is 10.1 Å². The first kappa shape index (κ1) is 13.2. The molecule has 0 amide bonds. The highest BCUT2D eigenvalue weighted by molar-refractivity contribution is 5.63. The average molecular weight is 283 g/mol. The molecule has 0 unspecified atom stereocenters. The van der Waals surface area contributed by atoms with Crippen LogP contribution in [0.3, 0.4) is 0 Å². The average Bonchev–Trinajstić information content (AvgIpc) is 2.99. The number of hydrogen-bond acceptors (Lipinski definition) is 4. The quantitative estimate of drug-likeness (QED) is 0.750. The molecule has 3 aromatic rings. The van der Waals surface area contributed by atoms with E-state index in [0.29, 0.717) is 11.4 Å². The lowest BCUT2D eigenvalue weighted by Crippen LogP contribution is -2.03. The van der Waals surface area contributed by atoms with Crippen molar-refractivity contribution in [3.63, 3.8) is 0 Å². The van der Waals surface area contributed by atoms with E-state index in [1.165, 1.54) is 12.1 Å². The summed E-state index contributed by atoms with van der Waals surface area (Å²) in [5.74, 6) is 0.0781. The number of nitrogens with zero attached hydrogens (tertiary/aromatic N) is 4. The molecule has 3 rings (SSSR count). The van der Waals surface area contributed by atoms with E-state index in [-0.39, 0.29) is 5.69 Å². The van der Waals surface area contributed by atoms with E-state index in [4.69, 9.17) is 5.73 Å². The second-order valence-electron chi connectivity index (χ2n) is 4.63. The highest BCUT2D eigenvalue weighted by atomic mass is 19.1. The maximum Gasteiger partial charge on any atom is 0.187 e. The van der Waals surface area contributed by atoms with Crippen LogP contribution in [-0.2, 0) is 6.42 Å². The fourth-order valence-corrected chi connectivity index (χ4v) is 2.23. The van der Waals surface area contributed by atoms with Crippen LogP contribution < -0.4 is 5.73 Å². The SMILES string of the molecule is CCc1ccccc1-n1nnnc1-c1ccc(F)c(N)c1. The minimum atomic E-state index is -0.452. The smallest absolute Gasteiger partial charge is 0.187 e. The van der Waals surface area contributed by atoms with Gasteiger partial charge in [0.25, 0.3) is 0 Å². The maximum atomic E-state index is 13.3. The summed E-state index contributed by atoms with van der Waals surface area (Å²) >= 11 is 0. The number of para-hydroxylation sites is 1. The van der Waals surface area contributed by atoms with Crippen molar-refractivity contribution in [3.05, 3.63) is 53.8 Å². The van der Waals surface area contributed by atoms with Crippen molar-refractivity contribution in [3.8, 4) is 17.1 Å². The zero-order valence-electron chi connectivity index (χ0n) is 11.5. The summed E-state index contributed by atoms with van der Waals surface area (Å²) in [7, 11) is 0. The van der Waals surface area contributed by atoms with Crippen LogP contribution in [0.1, 0.15) is 12.5 Å². The Kier molecular flexibility index (Phi) is 3.35. The molecule has 0 aliphatic carbocycles. The summed E-state index contributed by atoms with van der Waals surface area (Å²) in [4.78, 5) is 0. The normalized spacial score (nSPS) is 10.8. The monoisotopic (exact) mass is 283 g/mol. The van der Waals surface area contributed by atoms with Gasteiger partial charge in [0.1, 0.15) is 5.82 Å². The molecule has 0 aliphatic heterocycles. The lowest BCUT2D eigenvalue weighted by Gasteiger charge is -2.09. The van der Waals surface area contributed by atoms with Crippen molar-refractivity contribution >= 4 is 5.69 Å². The Morgan fingerprint density at radius 1 is 1.19 bits per heavy atom. The summed E-state index contributed by atoms with van der Waals surface area (Å²) in [6, 6.07) is 12.3. The van der Waals surface area contributed by atoms with Crippen LogP contribution in [0.15, 0.2) is 42.5 Å². The van der Waals surface area contributed by atoms with Gasteiger partial charge in [-0.25, -0.2) is 4.39 Å². The zero-order valence-corrected chi connectivity index (χ0v) is 11.5. The number of nitrogens with two attached hydrogens (primary N) is 1. The van der Waals surface area contributed by atoms with E-state index in [2.05, 4.69) is 22.4 Å². The molecule has 0 bridgehead atoms. The van der Waals surface area contributed by atoms with Gasteiger partial charge in [0.2, 0.25) is 0 Å². The van der Waals surface area contributed by atoms with Gasteiger partial charge in [-0.1, -0.05) is 25.1 Å². The highest BCUT2D eigenvalue weighted by Gasteiger charge is 2.14. The molecule has 1 aromatic heterocycles. The van der Waals surface area contributed by atoms with E-state index >= 15 is 0 Å². The van der Waals surface area contributed by atoms with Gasteiger partial charge >= 0.3 is 0 Å². The van der Waals surface area contributed by atoms with Crippen molar-refractivity contribution in [1.82, 2.24) is 20.2 Å². The number of tetrazole rings is 1. The zero-order chi connectivity index (χ0) is 14.8. The molecule has 0 fully saturated rings.